The SMILES string of the molecule is COc1ccc(C(O)=C2C(=O)C(=O)N(C[C@H]3CCCO3)[C@@H]2c2ccc(Cl)cc2Cl)cc1. The highest BCUT2D eigenvalue weighted by Gasteiger charge is 2.47. The van der Waals surface area contributed by atoms with E-state index in [1.54, 1.807) is 42.5 Å². The number of benzene rings is 2. The van der Waals surface area contributed by atoms with Crippen molar-refractivity contribution in [1.82, 2.24) is 4.90 Å². The monoisotopic (exact) mass is 461 g/mol. The minimum Gasteiger partial charge on any atom is -0.507 e. The lowest BCUT2D eigenvalue weighted by molar-refractivity contribution is -0.140. The molecule has 0 aliphatic carbocycles. The number of aliphatic hydroxyl groups excluding tert-OH is 1. The zero-order chi connectivity index (χ0) is 22.1. The minimum atomic E-state index is -0.851. The normalized spacial score (nSPS) is 22.9. The zero-order valence-electron chi connectivity index (χ0n) is 16.8. The van der Waals surface area contributed by atoms with Crippen LogP contribution < -0.4 is 4.74 Å². The van der Waals surface area contributed by atoms with Gasteiger partial charge in [-0.3, -0.25) is 9.59 Å². The summed E-state index contributed by atoms with van der Waals surface area (Å²) in [6.45, 7) is 0.848. The molecule has 31 heavy (non-hydrogen) atoms. The predicted molar refractivity (Wildman–Crippen MR) is 117 cm³/mol. The first-order valence-electron chi connectivity index (χ1n) is 9.90. The van der Waals surface area contributed by atoms with Crippen LogP contribution in [0.1, 0.15) is 30.0 Å². The molecule has 8 heteroatoms. The molecular weight excluding hydrogens is 441 g/mol. The van der Waals surface area contributed by atoms with Gasteiger partial charge in [-0.2, -0.15) is 0 Å². The number of aliphatic hydroxyl groups is 1. The fourth-order valence-corrected chi connectivity index (χ4v) is 4.54. The van der Waals surface area contributed by atoms with Gasteiger partial charge in [0.15, 0.2) is 0 Å². The maximum Gasteiger partial charge on any atom is 0.295 e. The van der Waals surface area contributed by atoms with Gasteiger partial charge in [-0.05, 0) is 54.8 Å². The maximum absolute atomic E-state index is 13.0. The Hall–Kier alpha value is -2.54. The van der Waals surface area contributed by atoms with Crippen molar-refractivity contribution in [2.45, 2.75) is 25.0 Å². The van der Waals surface area contributed by atoms with Gasteiger partial charge in [0, 0.05) is 28.8 Å². The largest absolute Gasteiger partial charge is 0.507 e. The van der Waals surface area contributed by atoms with E-state index in [1.807, 2.05) is 0 Å². The van der Waals surface area contributed by atoms with E-state index < -0.39 is 17.7 Å². The first-order chi connectivity index (χ1) is 14.9. The summed E-state index contributed by atoms with van der Waals surface area (Å²) in [6, 6.07) is 10.6. The Morgan fingerprint density at radius 2 is 1.94 bits per heavy atom. The lowest BCUT2D eigenvalue weighted by atomic mass is 9.95. The van der Waals surface area contributed by atoms with E-state index >= 15 is 0 Å². The lowest BCUT2D eigenvalue weighted by Gasteiger charge is -2.28. The van der Waals surface area contributed by atoms with Crippen molar-refractivity contribution < 1.29 is 24.2 Å². The van der Waals surface area contributed by atoms with Gasteiger partial charge >= 0.3 is 0 Å². The molecule has 2 atom stereocenters. The van der Waals surface area contributed by atoms with Crippen molar-refractivity contribution in [3.8, 4) is 5.75 Å². The Morgan fingerprint density at radius 1 is 1.19 bits per heavy atom. The van der Waals surface area contributed by atoms with Gasteiger partial charge < -0.3 is 19.5 Å². The Kier molecular flexibility index (Phi) is 6.23. The highest BCUT2D eigenvalue weighted by molar-refractivity contribution is 6.47. The van der Waals surface area contributed by atoms with Crippen molar-refractivity contribution in [3.63, 3.8) is 0 Å². The Labute approximate surface area is 190 Å². The number of rotatable bonds is 5. The minimum absolute atomic E-state index is 0.0163. The van der Waals surface area contributed by atoms with E-state index in [-0.39, 0.29) is 24.0 Å². The number of ketones is 1. The highest BCUT2D eigenvalue weighted by atomic mass is 35.5. The number of nitrogens with zero attached hydrogens (tertiary/aromatic N) is 1. The average molecular weight is 462 g/mol. The molecule has 2 aromatic carbocycles. The van der Waals surface area contributed by atoms with Crippen molar-refractivity contribution in [3.05, 3.63) is 69.2 Å². The Bertz CT molecular complexity index is 1040. The van der Waals surface area contributed by atoms with E-state index in [0.29, 0.717) is 33.5 Å². The highest BCUT2D eigenvalue weighted by Crippen LogP contribution is 2.43. The molecule has 0 saturated carbocycles. The molecule has 0 spiro atoms. The second kappa shape index (κ2) is 8.91. The summed E-state index contributed by atoms with van der Waals surface area (Å²) in [5.41, 5.74) is 0.890. The molecule has 2 heterocycles. The molecule has 162 valence electrons. The predicted octanol–water partition coefficient (Wildman–Crippen LogP) is 4.60. The molecule has 1 N–H and O–H groups in total. The third kappa shape index (κ3) is 4.15. The molecule has 4 rings (SSSR count). The molecule has 0 unspecified atom stereocenters. The molecule has 2 saturated heterocycles. The van der Waals surface area contributed by atoms with Crippen molar-refractivity contribution >= 4 is 40.7 Å². The number of halogens is 2. The number of methoxy groups -OCH3 is 1. The van der Waals surface area contributed by atoms with Gasteiger partial charge in [0.1, 0.15) is 11.5 Å². The lowest BCUT2D eigenvalue weighted by Crippen LogP contribution is -2.36. The summed E-state index contributed by atoms with van der Waals surface area (Å²) in [6.07, 6.45) is 1.52. The van der Waals surface area contributed by atoms with Gasteiger partial charge in [-0.1, -0.05) is 29.3 Å². The third-order valence-electron chi connectivity index (χ3n) is 5.58. The van der Waals surface area contributed by atoms with Crippen LogP contribution in [-0.2, 0) is 14.3 Å². The summed E-state index contributed by atoms with van der Waals surface area (Å²) in [4.78, 5) is 27.5. The smallest absolute Gasteiger partial charge is 0.295 e. The molecule has 0 aromatic heterocycles. The molecule has 0 radical (unpaired) electrons. The van der Waals surface area contributed by atoms with E-state index in [1.165, 1.54) is 12.0 Å². The van der Waals surface area contributed by atoms with Crippen LogP contribution in [0.5, 0.6) is 5.75 Å². The molecule has 2 aliphatic heterocycles. The summed E-state index contributed by atoms with van der Waals surface area (Å²) >= 11 is 12.5. The van der Waals surface area contributed by atoms with E-state index in [2.05, 4.69) is 0 Å². The van der Waals surface area contributed by atoms with Crippen molar-refractivity contribution in [2.75, 3.05) is 20.3 Å². The molecule has 6 nitrogen and oxygen atoms in total. The van der Waals surface area contributed by atoms with Crippen LogP contribution >= 0.6 is 23.2 Å². The molecular formula is C23H21Cl2NO5. The third-order valence-corrected chi connectivity index (χ3v) is 6.15. The quantitative estimate of drug-likeness (QED) is 0.399. The van der Waals surface area contributed by atoms with E-state index in [9.17, 15) is 14.7 Å². The number of Topliss-reactive ketones (excluding diaryl/α,β-unsaturated/α-hetero) is 1. The van der Waals surface area contributed by atoms with Crippen LogP contribution in [0.15, 0.2) is 48.0 Å². The second-order valence-corrected chi connectivity index (χ2v) is 8.32. The first-order valence-corrected chi connectivity index (χ1v) is 10.7. The van der Waals surface area contributed by atoms with Crippen molar-refractivity contribution in [1.29, 1.82) is 0 Å². The molecule has 2 aliphatic rings. The van der Waals surface area contributed by atoms with Crippen molar-refractivity contribution in [2.24, 2.45) is 0 Å². The van der Waals surface area contributed by atoms with Crippen LogP contribution in [-0.4, -0.2) is 48.1 Å². The van der Waals surface area contributed by atoms with Gasteiger partial charge in [0.05, 0.1) is 24.8 Å². The van der Waals surface area contributed by atoms with Crippen LogP contribution in [0.25, 0.3) is 5.76 Å². The number of hydrogen-bond donors (Lipinski definition) is 1. The molecule has 1 amide bonds. The Morgan fingerprint density at radius 3 is 2.55 bits per heavy atom. The average Bonchev–Trinajstić information content (AvgIpc) is 3.36. The maximum atomic E-state index is 13.0. The van der Waals surface area contributed by atoms with Crippen LogP contribution in [0.3, 0.4) is 0 Å². The fraction of sp³-hybridized carbons (Fsp3) is 0.304. The zero-order valence-corrected chi connectivity index (χ0v) is 18.3. The number of ether oxygens (including phenoxy) is 2. The fourth-order valence-electron chi connectivity index (χ4n) is 4.03. The number of carbonyl (C=O) groups is 2. The summed E-state index contributed by atoms with van der Waals surface area (Å²) in [5.74, 6) is -1.12. The first kappa shape index (κ1) is 21.7. The van der Waals surface area contributed by atoms with Gasteiger partial charge in [0.25, 0.3) is 11.7 Å². The standard InChI is InChI=1S/C23H21Cl2NO5/c1-30-15-7-4-13(5-8-15)21(27)19-20(17-9-6-14(24)11-18(17)25)26(23(29)22(19)28)12-16-3-2-10-31-16/h4-9,11,16,20,27H,2-3,10,12H2,1H3/t16-,20-/m1/s1. The molecule has 2 fully saturated rings. The molecule has 2 aromatic rings. The van der Waals surface area contributed by atoms with E-state index in [0.717, 1.165) is 12.8 Å². The number of likely N-dealkylation sites (tertiary alicyclic amines) is 1. The number of carbonyl (C=O) groups excluding carboxylic acids is 2. The topological polar surface area (TPSA) is 76.1 Å². The molecule has 0 bridgehead atoms. The summed E-state index contributed by atoms with van der Waals surface area (Å²) < 4.78 is 10.8. The Balaban J connectivity index is 1.84. The number of hydrogen-bond acceptors (Lipinski definition) is 5. The van der Waals surface area contributed by atoms with Crippen LogP contribution in [0, 0.1) is 0 Å². The number of amides is 1. The van der Waals surface area contributed by atoms with E-state index in [4.69, 9.17) is 32.7 Å². The summed E-state index contributed by atoms with van der Waals surface area (Å²) in [7, 11) is 1.54. The van der Waals surface area contributed by atoms with Gasteiger partial charge in [-0.25, -0.2) is 0 Å². The van der Waals surface area contributed by atoms with Crippen LogP contribution in [0.4, 0.5) is 0 Å². The summed E-state index contributed by atoms with van der Waals surface area (Å²) in [5, 5.41) is 11.8. The van der Waals surface area contributed by atoms with Gasteiger partial charge in [-0.15, -0.1) is 0 Å². The van der Waals surface area contributed by atoms with Gasteiger partial charge in [0.2, 0.25) is 0 Å². The second-order valence-electron chi connectivity index (χ2n) is 7.48. The van der Waals surface area contributed by atoms with Crippen LogP contribution in [0.2, 0.25) is 10.0 Å².